The van der Waals surface area contributed by atoms with Crippen molar-refractivity contribution in [1.82, 2.24) is 19.3 Å². The van der Waals surface area contributed by atoms with Gasteiger partial charge in [0, 0.05) is 20.3 Å². The van der Waals surface area contributed by atoms with Crippen LogP contribution in [0, 0.1) is 0 Å². The van der Waals surface area contributed by atoms with Gasteiger partial charge in [0.15, 0.2) is 0 Å². The summed E-state index contributed by atoms with van der Waals surface area (Å²) < 4.78 is 18.5. The Kier molecular flexibility index (Phi) is 5.94. The Balaban J connectivity index is 1.76. The monoisotopic (exact) mass is 422 g/mol. The Morgan fingerprint density at radius 3 is 2.58 bits per heavy atom. The van der Waals surface area contributed by atoms with Crippen molar-refractivity contribution in [2.45, 2.75) is 19.5 Å². The molecule has 9 nitrogen and oxygen atoms in total. The topological polar surface area (TPSA) is 101 Å². The van der Waals surface area contributed by atoms with Gasteiger partial charge in [-0.25, -0.2) is 4.79 Å². The van der Waals surface area contributed by atoms with Crippen LogP contribution in [0.3, 0.4) is 0 Å². The van der Waals surface area contributed by atoms with E-state index in [1.807, 2.05) is 18.2 Å². The van der Waals surface area contributed by atoms with Gasteiger partial charge >= 0.3 is 5.69 Å². The minimum Gasteiger partial charge on any atom is -0.496 e. The molecular formula is C22H22N4O5. The summed E-state index contributed by atoms with van der Waals surface area (Å²) in [5, 5.41) is 4.48. The second kappa shape index (κ2) is 8.97. The SMILES string of the molecule is COCCCn1c(=O)c2ccccc2n(Cc2nc(-c3ccccc3OC)no2)c1=O. The van der Waals surface area contributed by atoms with E-state index in [1.165, 1.54) is 9.13 Å². The van der Waals surface area contributed by atoms with Gasteiger partial charge in [-0.15, -0.1) is 0 Å². The van der Waals surface area contributed by atoms with Crippen molar-refractivity contribution in [2.24, 2.45) is 0 Å². The van der Waals surface area contributed by atoms with E-state index < -0.39 is 5.69 Å². The van der Waals surface area contributed by atoms with Crippen molar-refractivity contribution in [1.29, 1.82) is 0 Å². The number of fused-ring (bicyclic) bond motifs is 1. The van der Waals surface area contributed by atoms with Crippen LogP contribution in [0.15, 0.2) is 62.6 Å². The van der Waals surface area contributed by atoms with Crippen molar-refractivity contribution >= 4 is 10.9 Å². The molecule has 4 rings (SSSR count). The summed E-state index contributed by atoms with van der Waals surface area (Å²) in [5.74, 6) is 1.22. The van der Waals surface area contributed by atoms with Crippen LogP contribution < -0.4 is 16.0 Å². The number of ether oxygens (including phenoxy) is 2. The van der Waals surface area contributed by atoms with Crippen LogP contribution in [-0.4, -0.2) is 40.1 Å². The van der Waals surface area contributed by atoms with E-state index in [9.17, 15) is 9.59 Å². The summed E-state index contributed by atoms with van der Waals surface area (Å²) >= 11 is 0. The largest absolute Gasteiger partial charge is 0.496 e. The number of hydrogen-bond donors (Lipinski definition) is 0. The first-order chi connectivity index (χ1) is 15.1. The van der Waals surface area contributed by atoms with Gasteiger partial charge in [0.25, 0.3) is 5.56 Å². The first-order valence-corrected chi connectivity index (χ1v) is 9.81. The summed E-state index contributed by atoms with van der Waals surface area (Å²) in [6.07, 6.45) is 0.544. The van der Waals surface area contributed by atoms with Crippen molar-refractivity contribution in [3.05, 3.63) is 75.3 Å². The Bertz CT molecular complexity index is 1320. The first kappa shape index (κ1) is 20.5. The molecule has 0 unspecified atom stereocenters. The molecule has 2 aromatic heterocycles. The van der Waals surface area contributed by atoms with E-state index >= 15 is 0 Å². The number of nitrogens with zero attached hydrogens (tertiary/aromatic N) is 4. The highest BCUT2D eigenvalue weighted by molar-refractivity contribution is 5.77. The van der Waals surface area contributed by atoms with Gasteiger partial charge < -0.3 is 14.0 Å². The van der Waals surface area contributed by atoms with Crippen molar-refractivity contribution in [3.8, 4) is 17.1 Å². The van der Waals surface area contributed by atoms with Crippen LogP contribution >= 0.6 is 0 Å². The van der Waals surface area contributed by atoms with Crippen LogP contribution in [0.25, 0.3) is 22.3 Å². The number of para-hydroxylation sites is 2. The van der Waals surface area contributed by atoms with Gasteiger partial charge in [0.1, 0.15) is 12.3 Å². The molecule has 31 heavy (non-hydrogen) atoms. The molecule has 160 valence electrons. The summed E-state index contributed by atoms with van der Waals surface area (Å²) in [6, 6.07) is 14.3. The lowest BCUT2D eigenvalue weighted by atomic mass is 10.2. The standard InChI is InChI=1S/C22H22N4O5/c1-29-13-7-12-25-21(27)15-8-3-5-10-17(15)26(22(25)28)14-19-23-20(24-31-19)16-9-4-6-11-18(16)30-2/h3-6,8-11H,7,12-14H2,1-2H3. The third kappa shape index (κ3) is 3.99. The highest BCUT2D eigenvalue weighted by Gasteiger charge is 2.17. The van der Waals surface area contributed by atoms with Gasteiger partial charge in [-0.1, -0.05) is 29.4 Å². The molecule has 9 heteroatoms. The van der Waals surface area contributed by atoms with E-state index in [-0.39, 0.29) is 24.5 Å². The molecule has 2 aromatic carbocycles. The summed E-state index contributed by atoms with van der Waals surface area (Å²) in [5.41, 5.74) is 0.435. The van der Waals surface area contributed by atoms with Gasteiger partial charge in [-0.05, 0) is 30.7 Å². The molecule has 0 aliphatic heterocycles. The lowest BCUT2D eigenvalue weighted by molar-refractivity contribution is 0.189. The molecule has 4 aromatic rings. The second-order valence-electron chi connectivity index (χ2n) is 6.90. The number of aromatic nitrogens is 4. The van der Waals surface area contributed by atoms with E-state index in [0.29, 0.717) is 41.1 Å². The lowest BCUT2D eigenvalue weighted by Crippen LogP contribution is -2.40. The Hall–Kier alpha value is -3.72. The lowest BCUT2D eigenvalue weighted by Gasteiger charge is -2.12. The summed E-state index contributed by atoms with van der Waals surface area (Å²) in [4.78, 5) is 30.4. The van der Waals surface area contributed by atoms with Crippen LogP contribution in [0.1, 0.15) is 12.3 Å². The van der Waals surface area contributed by atoms with Gasteiger partial charge in [-0.3, -0.25) is 13.9 Å². The van der Waals surface area contributed by atoms with Crippen molar-refractivity contribution < 1.29 is 14.0 Å². The molecule has 0 saturated heterocycles. The van der Waals surface area contributed by atoms with Crippen LogP contribution in [0.5, 0.6) is 5.75 Å². The van der Waals surface area contributed by atoms with Crippen LogP contribution in [0.4, 0.5) is 0 Å². The predicted octanol–water partition coefficient (Wildman–Crippen LogP) is 2.31. The maximum Gasteiger partial charge on any atom is 0.331 e. The fraction of sp³-hybridized carbons (Fsp3) is 0.273. The third-order valence-electron chi connectivity index (χ3n) is 4.97. The molecule has 0 saturated carbocycles. The minimum absolute atomic E-state index is 0.0338. The zero-order valence-corrected chi connectivity index (χ0v) is 17.3. The molecule has 0 aliphatic rings. The van der Waals surface area contributed by atoms with Gasteiger partial charge in [-0.2, -0.15) is 4.98 Å². The Labute approximate surface area is 177 Å². The molecule has 0 atom stereocenters. The van der Waals surface area contributed by atoms with E-state index in [4.69, 9.17) is 14.0 Å². The molecular weight excluding hydrogens is 400 g/mol. The Morgan fingerprint density at radius 2 is 1.77 bits per heavy atom. The number of hydrogen-bond acceptors (Lipinski definition) is 7. The number of methoxy groups -OCH3 is 2. The molecule has 0 bridgehead atoms. The predicted molar refractivity (Wildman–Crippen MR) is 114 cm³/mol. The molecule has 0 radical (unpaired) electrons. The van der Waals surface area contributed by atoms with Gasteiger partial charge in [0.2, 0.25) is 11.7 Å². The Morgan fingerprint density at radius 1 is 1.00 bits per heavy atom. The van der Waals surface area contributed by atoms with E-state index in [1.54, 1.807) is 44.6 Å². The normalized spacial score (nSPS) is 11.2. The maximum absolute atomic E-state index is 13.2. The zero-order chi connectivity index (χ0) is 21.8. The molecule has 0 amide bonds. The average Bonchev–Trinajstić information content (AvgIpc) is 3.27. The molecule has 0 aliphatic carbocycles. The maximum atomic E-state index is 13.2. The molecule has 2 heterocycles. The first-order valence-electron chi connectivity index (χ1n) is 9.81. The van der Waals surface area contributed by atoms with Crippen LogP contribution in [-0.2, 0) is 17.8 Å². The second-order valence-corrected chi connectivity index (χ2v) is 6.90. The smallest absolute Gasteiger partial charge is 0.331 e. The van der Waals surface area contributed by atoms with Crippen molar-refractivity contribution in [3.63, 3.8) is 0 Å². The van der Waals surface area contributed by atoms with Crippen molar-refractivity contribution in [2.75, 3.05) is 20.8 Å². The number of rotatable bonds is 8. The quantitative estimate of drug-likeness (QED) is 0.402. The zero-order valence-electron chi connectivity index (χ0n) is 17.3. The van der Waals surface area contributed by atoms with Crippen LogP contribution in [0.2, 0.25) is 0 Å². The van der Waals surface area contributed by atoms with Gasteiger partial charge in [0.05, 0.1) is 23.6 Å². The molecule has 0 spiro atoms. The molecule has 0 N–H and O–H groups in total. The fourth-order valence-electron chi connectivity index (χ4n) is 3.48. The molecule has 0 fully saturated rings. The fourth-order valence-corrected chi connectivity index (χ4v) is 3.48. The van der Waals surface area contributed by atoms with E-state index in [0.717, 1.165) is 0 Å². The summed E-state index contributed by atoms with van der Waals surface area (Å²) in [6.45, 7) is 0.739. The summed E-state index contributed by atoms with van der Waals surface area (Å²) in [7, 11) is 3.15. The van der Waals surface area contributed by atoms with E-state index in [2.05, 4.69) is 10.1 Å². The average molecular weight is 422 g/mol. The third-order valence-corrected chi connectivity index (χ3v) is 4.97. The number of benzene rings is 2. The minimum atomic E-state index is -0.433. The highest BCUT2D eigenvalue weighted by atomic mass is 16.5. The highest BCUT2D eigenvalue weighted by Crippen LogP contribution is 2.27.